The summed E-state index contributed by atoms with van der Waals surface area (Å²) in [6, 6.07) is 3.70. The molecular formula is C16H20N4O. The molecule has 0 aliphatic heterocycles. The summed E-state index contributed by atoms with van der Waals surface area (Å²) in [5, 5.41) is 7.83. The van der Waals surface area contributed by atoms with Crippen molar-refractivity contribution in [1.82, 2.24) is 0 Å². The fourth-order valence-electron chi connectivity index (χ4n) is 2.04. The quantitative estimate of drug-likeness (QED) is 0.588. The number of nitrogen functional groups attached to an aromatic ring is 1. The summed E-state index contributed by atoms with van der Waals surface area (Å²) in [6.45, 7) is 6.31. The normalized spacial score (nSPS) is 16.7. The van der Waals surface area contributed by atoms with Gasteiger partial charge >= 0.3 is 0 Å². The second-order valence-electron chi connectivity index (χ2n) is 4.88. The summed E-state index contributed by atoms with van der Waals surface area (Å²) in [7, 11) is 0. The van der Waals surface area contributed by atoms with Gasteiger partial charge in [-0.15, -0.1) is 0 Å². The number of allylic oxidation sites excluding steroid dienone is 2. The van der Waals surface area contributed by atoms with Crippen LogP contribution >= 0.6 is 0 Å². The fourth-order valence-corrected chi connectivity index (χ4v) is 2.04. The standard InChI is InChI=1S/C16H20N4O/c1-4-21-16-8-15(12(18)7-13(16)19)20-14-6-5-11(17)9(2)10(14)3/h5-8,19H,4,17-18H2,1-3H3/b19-13?,20-15-. The average Bonchev–Trinajstić information content (AvgIpc) is 2.44. The number of hydrogen-bond acceptors (Lipinski definition) is 5. The summed E-state index contributed by atoms with van der Waals surface area (Å²) in [6.07, 6.45) is 3.26. The molecule has 0 saturated heterocycles. The number of aliphatic imine (C=N–C) groups is 1. The molecule has 1 aromatic rings. The molecule has 2 rings (SSSR count). The molecule has 21 heavy (non-hydrogen) atoms. The second-order valence-corrected chi connectivity index (χ2v) is 4.88. The number of nitrogens with one attached hydrogen (secondary N) is 1. The molecule has 110 valence electrons. The molecule has 0 bridgehead atoms. The monoisotopic (exact) mass is 284 g/mol. The molecule has 0 atom stereocenters. The third-order valence-electron chi connectivity index (χ3n) is 3.47. The molecule has 1 aliphatic carbocycles. The van der Waals surface area contributed by atoms with Crippen LogP contribution in [0.15, 0.2) is 40.7 Å². The summed E-state index contributed by atoms with van der Waals surface area (Å²) < 4.78 is 5.42. The minimum Gasteiger partial charge on any atom is -0.492 e. The lowest BCUT2D eigenvalue weighted by atomic mass is 10.0. The van der Waals surface area contributed by atoms with Gasteiger partial charge in [-0.25, -0.2) is 4.99 Å². The highest BCUT2D eigenvalue weighted by molar-refractivity contribution is 6.22. The number of ether oxygens (including phenoxy) is 1. The molecule has 5 N–H and O–H groups in total. The largest absolute Gasteiger partial charge is 0.492 e. The first-order valence-electron chi connectivity index (χ1n) is 6.79. The fraction of sp³-hybridized carbons (Fsp3) is 0.250. The van der Waals surface area contributed by atoms with Crippen LogP contribution in [0.3, 0.4) is 0 Å². The van der Waals surface area contributed by atoms with Crippen molar-refractivity contribution >= 4 is 22.8 Å². The van der Waals surface area contributed by atoms with Gasteiger partial charge in [0.05, 0.1) is 29.4 Å². The first-order valence-corrected chi connectivity index (χ1v) is 6.79. The molecule has 0 radical (unpaired) electrons. The zero-order chi connectivity index (χ0) is 15.6. The van der Waals surface area contributed by atoms with Crippen molar-refractivity contribution in [2.45, 2.75) is 20.8 Å². The first-order chi connectivity index (χ1) is 9.93. The molecule has 5 nitrogen and oxygen atoms in total. The van der Waals surface area contributed by atoms with Gasteiger partial charge in [0.1, 0.15) is 5.76 Å². The summed E-state index contributed by atoms with van der Waals surface area (Å²) in [4.78, 5) is 4.58. The number of nitrogens with zero attached hydrogens (tertiary/aromatic N) is 1. The zero-order valence-corrected chi connectivity index (χ0v) is 12.5. The second kappa shape index (κ2) is 5.83. The average molecular weight is 284 g/mol. The van der Waals surface area contributed by atoms with Crippen LogP contribution in [0.4, 0.5) is 11.4 Å². The van der Waals surface area contributed by atoms with E-state index in [2.05, 4.69) is 4.99 Å². The Morgan fingerprint density at radius 1 is 1.14 bits per heavy atom. The van der Waals surface area contributed by atoms with Crippen molar-refractivity contribution in [2.24, 2.45) is 10.7 Å². The Kier molecular flexibility index (Phi) is 4.12. The van der Waals surface area contributed by atoms with Crippen LogP contribution in [0.2, 0.25) is 0 Å². The van der Waals surface area contributed by atoms with E-state index in [0.717, 1.165) is 22.5 Å². The van der Waals surface area contributed by atoms with Crippen LogP contribution in [-0.4, -0.2) is 18.0 Å². The van der Waals surface area contributed by atoms with Crippen LogP contribution in [0.25, 0.3) is 0 Å². The maximum Gasteiger partial charge on any atom is 0.146 e. The van der Waals surface area contributed by atoms with Gasteiger partial charge in [0.15, 0.2) is 0 Å². The SMILES string of the molecule is CCOC1=C/C(=N/c2ccc(N)c(C)c2C)C(N)=CC1=N. The van der Waals surface area contributed by atoms with Crippen LogP contribution in [0.1, 0.15) is 18.1 Å². The Morgan fingerprint density at radius 3 is 2.52 bits per heavy atom. The number of anilines is 1. The predicted octanol–water partition coefficient (Wildman–Crippen LogP) is 2.75. The minimum atomic E-state index is 0.263. The highest BCUT2D eigenvalue weighted by Gasteiger charge is 2.16. The number of nitrogens with two attached hydrogens (primary N) is 2. The first kappa shape index (κ1) is 14.8. The van der Waals surface area contributed by atoms with Gasteiger partial charge in [-0.1, -0.05) is 0 Å². The van der Waals surface area contributed by atoms with E-state index < -0.39 is 0 Å². The molecule has 0 saturated carbocycles. The van der Waals surface area contributed by atoms with Gasteiger partial charge in [-0.05, 0) is 50.1 Å². The molecule has 0 aromatic heterocycles. The van der Waals surface area contributed by atoms with Gasteiger partial charge in [-0.3, -0.25) is 5.41 Å². The molecule has 1 aromatic carbocycles. The van der Waals surface area contributed by atoms with Gasteiger partial charge in [0.25, 0.3) is 0 Å². The van der Waals surface area contributed by atoms with Crippen molar-refractivity contribution < 1.29 is 4.74 Å². The minimum absolute atomic E-state index is 0.263. The Hall–Kier alpha value is -2.56. The maximum atomic E-state index is 7.83. The molecular weight excluding hydrogens is 264 g/mol. The Labute approximate surface area is 124 Å². The van der Waals surface area contributed by atoms with Gasteiger partial charge in [-0.2, -0.15) is 0 Å². The molecule has 0 heterocycles. The van der Waals surface area contributed by atoms with Crippen molar-refractivity contribution in [3.63, 3.8) is 0 Å². The molecule has 0 amide bonds. The number of benzene rings is 1. The van der Waals surface area contributed by atoms with E-state index in [-0.39, 0.29) is 5.71 Å². The lowest BCUT2D eigenvalue weighted by Gasteiger charge is -2.15. The van der Waals surface area contributed by atoms with Crippen LogP contribution in [0, 0.1) is 19.3 Å². The van der Waals surface area contributed by atoms with E-state index in [1.165, 1.54) is 0 Å². The summed E-state index contributed by atoms with van der Waals surface area (Å²) >= 11 is 0. The van der Waals surface area contributed by atoms with Crippen LogP contribution in [0.5, 0.6) is 0 Å². The number of rotatable bonds is 3. The van der Waals surface area contributed by atoms with Gasteiger partial charge in [0, 0.05) is 11.8 Å². The Bertz CT molecular complexity index is 684. The van der Waals surface area contributed by atoms with Crippen molar-refractivity contribution in [3.8, 4) is 0 Å². The van der Waals surface area contributed by atoms with E-state index in [1.807, 2.05) is 32.9 Å². The lowest BCUT2D eigenvalue weighted by Crippen LogP contribution is -2.19. The van der Waals surface area contributed by atoms with Crippen LogP contribution < -0.4 is 11.5 Å². The van der Waals surface area contributed by atoms with E-state index in [9.17, 15) is 0 Å². The highest BCUT2D eigenvalue weighted by Crippen LogP contribution is 2.27. The Morgan fingerprint density at radius 2 is 1.86 bits per heavy atom. The predicted molar refractivity (Wildman–Crippen MR) is 87.1 cm³/mol. The summed E-state index contributed by atoms with van der Waals surface area (Å²) in [5.41, 5.74) is 16.7. The smallest absolute Gasteiger partial charge is 0.146 e. The van der Waals surface area contributed by atoms with Crippen LogP contribution in [-0.2, 0) is 4.74 Å². The third-order valence-corrected chi connectivity index (χ3v) is 3.47. The van der Waals surface area contributed by atoms with Crippen molar-refractivity contribution in [3.05, 3.63) is 46.9 Å². The molecule has 0 unspecified atom stereocenters. The van der Waals surface area contributed by atoms with Crippen molar-refractivity contribution in [1.29, 1.82) is 5.41 Å². The van der Waals surface area contributed by atoms with E-state index in [0.29, 0.717) is 23.8 Å². The molecule has 0 spiro atoms. The summed E-state index contributed by atoms with van der Waals surface area (Å²) in [5.74, 6) is 0.482. The van der Waals surface area contributed by atoms with Gasteiger partial charge < -0.3 is 16.2 Å². The Balaban J connectivity index is 2.47. The zero-order valence-electron chi connectivity index (χ0n) is 12.5. The number of hydrogen-bond donors (Lipinski definition) is 3. The molecule has 0 fully saturated rings. The van der Waals surface area contributed by atoms with E-state index in [4.69, 9.17) is 21.6 Å². The van der Waals surface area contributed by atoms with Gasteiger partial charge in [0.2, 0.25) is 0 Å². The molecule has 1 aliphatic rings. The van der Waals surface area contributed by atoms with E-state index in [1.54, 1.807) is 12.2 Å². The van der Waals surface area contributed by atoms with Crippen molar-refractivity contribution in [2.75, 3.05) is 12.3 Å². The third kappa shape index (κ3) is 2.97. The van der Waals surface area contributed by atoms with E-state index >= 15 is 0 Å². The molecule has 5 heteroatoms. The lowest BCUT2D eigenvalue weighted by molar-refractivity contribution is 0.250. The maximum absolute atomic E-state index is 7.83. The topological polar surface area (TPSA) is 97.5 Å². The highest BCUT2D eigenvalue weighted by atomic mass is 16.5.